The van der Waals surface area contributed by atoms with Gasteiger partial charge in [0.05, 0.1) is 51.9 Å². The van der Waals surface area contributed by atoms with Crippen molar-refractivity contribution in [1.82, 2.24) is 9.80 Å². The van der Waals surface area contributed by atoms with Gasteiger partial charge >= 0.3 is 41.9 Å². The number of rotatable bonds is 45. The van der Waals surface area contributed by atoms with Gasteiger partial charge in [0, 0.05) is 50.0 Å². The standard InChI is InChI=1S/C60H106N2O14/c1-6-10-14-18-22-28-34-54(63)70-43-49(44-71-55(64)35-29-23-19-15-11-7-2)39-58(67)74-48-52-41-53(42-62(52)60(69)75-47-51-33-27-26-32-38-61(51)5)76-59(68)40-50(45-72-56(65)36-30-24-20-16-12-8-3)46-73-57(66)37-31-25-21-17-13-9-4/h49-53H,6-48H2,1-5H3/t51?,52-,53+/m1/s1. The van der Waals surface area contributed by atoms with Crippen molar-refractivity contribution in [3.8, 4) is 0 Å². The number of unbranched alkanes of at least 4 members (excludes halogenated alkanes) is 20. The van der Waals surface area contributed by atoms with Gasteiger partial charge < -0.3 is 38.1 Å². The molecule has 2 aliphatic rings. The summed E-state index contributed by atoms with van der Waals surface area (Å²) < 4.78 is 40.2. The van der Waals surface area contributed by atoms with Crippen molar-refractivity contribution < 1.29 is 66.7 Å². The van der Waals surface area contributed by atoms with E-state index in [1.54, 1.807) is 0 Å². The molecule has 0 N–H and O–H groups in total. The Hall–Kier alpha value is -3.95. The fraction of sp³-hybridized carbons (Fsp3) is 0.883. The first-order valence-electron chi connectivity index (χ1n) is 30.5. The van der Waals surface area contributed by atoms with Crippen LogP contribution in [0.1, 0.15) is 252 Å². The highest BCUT2D eigenvalue weighted by Crippen LogP contribution is 2.25. The molecule has 2 rings (SSSR count). The number of ether oxygens (including phenoxy) is 7. The van der Waals surface area contributed by atoms with Crippen LogP contribution in [0.4, 0.5) is 4.79 Å². The molecule has 16 nitrogen and oxygen atoms in total. The topological polar surface area (TPSA) is 191 Å². The monoisotopic (exact) mass is 1080 g/mol. The number of hydrogen-bond donors (Lipinski definition) is 0. The molecule has 0 aromatic rings. The summed E-state index contributed by atoms with van der Waals surface area (Å²) in [5.41, 5.74) is 0. The number of amides is 1. The van der Waals surface area contributed by atoms with Gasteiger partial charge in [-0.1, -0.05) is 169 Å². The first kappa shape index (κ1) is 68.2. The molecule has 76 heavy (non-hydrogen) atoms. The zero-order chi connectivity index (χ0) is 55.4. The van der Waals surface area contributed by atoms with Crippen molar-refractivity contribution in [2.75, 3.05) is 59.8 Å². The van der Waals surface area contributed by atoms with Crippen LogP contribution in [0, 0.1) is 11.8 Å². The molecule has 2 fully saturated rings. The van der Waals surface area contributed by atoms with E-state index >= 15 is 0 Å². The summed E-state index contributed by atoms with van der Waals surface area (Å²) in [4.78, 5) is 95.9. The Morgan fingerprint density at radius 2 is 0.803 bits per heavy atom. The van der Waals surface area contributed by atoms with Crippen molar-refractivity contribution in [2.45, 2.75) is 271 Å². The predicted molar refractivity (Wildman–Crippen MR) is 294 cm³/mol. The SMILES string of the molecule is CCCCCCCCC(=O)OCC(COC(=O)CCCCCCCC)CC(=O)OC[C@H]1C[C@H](OC(=O)CC(COC(=O)CCCCCCCC)COC(=O)CCCCCCCC)CN1C(=O)OCC1CCCCCN1C. The third-order valence-electron chi connectivity index (χ3n) is 14.7. The highest BCUT2D eigenvalue weighted by molar-refractivity contribution is 5.73. The van der Waals surface area contributed by atoms with Gasteiger partial charge in [-0.25, -0.2) is 4.79 Å². The quantitative estimate of drug-likeness (QED) is 0.0318. The molecule has 3 atom stereocenters. The second kappa shape index (κ2) is 45.0. The van der Waals surface area contributed by atoms with E-state index in [1.165, 1.54) is 4.90 Å². The van der Waals surface area contributed by atoms with Gasteiger partial charge in [0.25, 0.3) is 0 Å². The maximum Gasteiger partial charge on any atom is 0.410 e. The van der Waals surface area contributed by atoms with Crippen LogP contribution >= 0.6 is 0 Å². The molecule has 0 aliphatic carbocycles. The van der Waals surface area contributed by atoms with E-state index in [4.69, 9.17) is 33.2 Å². The zero-order valence-corrected chi connectivity index (χ0v) is 48.4. The fourth-order valence-electron chi connectivity index (χ4n) is 9.74. The lowest BCUT2D eigenvalue weighted by Gasteiger charge is -2.28. The number of esters is 6. The van der Waals surface area contributed by atoms with Crippen molar-refractivity contribution in [3.63, 3.8) is 0 Å². The Morgan fingerprint density at radius 3 is 1.22 bits per heavy atom. The van der Waals surface area contributed by atoms with E-state index in [-0.39, 0.29) is 121 Å². The van der Waals surface area contributed by atoms with Crippen LogP contribution in [-0.2, 0) is 61.9 Å². The predicted octanol–water partition coefficient (Wildman–Crippen LogP) is 12.7. The van der Waals surface area contributed by atoms with Crippen LogP contribution in [-0.4, -0.2) is 130 Å². The summed E-state index contributed by atoms with van der Waals surface area (Å²) in [5.74, 6) is -4.02. The Labute approximate surface area is 459 Å². The third-order valence-corrected chi connectivity index (χ3v) is 14.7. The van der Waals surface area contributed by atoms with E-state index in [2.05, 4.69) is 32.6 Å². The van der Waals surface area contributed by atoms with Crippen LogP contribution < -0.4 is 0 Å². The van der Waals surface area contributed by atoms with Gasteiger partial charge in [0.1, 0.15) is 19.3 Å². The Morgan fingerprint density at radius 1 is 0.421 bits per heavy atom. The number of likely N-dealkylation sites (tertiary alicyclic amines) is 2. The molecule has 0 bridgehead atoms. The molecule has 2 heterocycles. The molecule has 1 amide bonds. The zero-order valence-electron chi connectivity index (χ0n) is 48.4. The van der Waals surface area contributed by atoms with Crippen molar-refractivity contribution in [2.24, 2.45) is 11.8 Å². The van der Waals surface area contributed by atoms with Gasteiger partial charge in [-0.05, 0) is 52.1 Å². The van der Waals surface area contributed by atoms with Crippen LogP contribution in [0.25, 0.3) is 0 Å². The molecule has 440 valence electrons. The number of carbonyl (C=O) groups is 7. The van der Waals surface area contributed by atoms with E-state index < -0.39 is 42.0 Å². The van der Waals surface area contributed by atoms with E-state index in [1.807, 2.05) is 7.05 Å². The number of nitrogens with zero attached hydrogens (tertiary/aromatic N) is 2. The number of likely N-dealkylation sites (N-methyl/N-ethyl adjacent to an activating group) is 1. The summed E-state index contributed by atoms with van der Waals surface area (Å²) in [6, 6.07) is -0.654. The second-order valence-electron chi connectivity index (χ2n) is 21.8. The summed E-state index contributed by atoms with van der Waals surface area (Å²) in [7, 11) is 2.03. The molecule has 0 aromatic carbocycles. The lowest BCUT2D eigenvalue weighted by atomic mass is 10.1. The van der Waals surface area contributed by atoms with E-state index in [9.17, 15) is 33.6 Å². The summed E-state index contributed by atoms with van der Waals surface area (Å²) in [6.45, 7) is 8.98. The minimum atomic E-state index is -0.777. The Balaban J connectivity index is 2.15. The summed E-state index contributed by atoms with van der Waals surface area (Å²) in [6.07, 6.45) is 28.0. The van der Waals surface area contributed by atoms with Crippen LogP contribution in [0.15, 0.2) is 0 Å². The molecule has 0 saturated carbocycles. The highest BCUT2D eigenvalue weighted by Gasteiger charge is 2.40. The summed E-state index contributed by atoms with van der Waals surface area (Å²) in [5, 5.41) is 0. The molecule has 1 unspecified atom stereocenters. The molecular formula is C60H106N2O14. The van der Waals surface area contributed by atoms with Gasteiger partial charge in [-0.2, -0.15) is 0 Å². The molecule has 0 radical (unpaired) electrons. The fourth-order valence-corrected chi connectivity index (χ4v) is 9.74. The van der Waals surface area contributed by atoms with Crippen molar-refractivity contribution in [3.05, 3.63) is 0 Å². The maximum absolute atomic E-state index is 13.9. The van der Waals surface area contributed by atoms with Crippen LogP contribution in [0.2, 0.25) is 0 Å². The normalized spacial score (nSPS) is 16.8. The molecule has 2 aliphatic heterocycles. The maximum atomic E-state index is 13.9. The van der Waals surface area contributed by atoms with Crippen molar-refractivity contribution >= 4 is 41.9 Å². The lowest BCUT2D eigenvalue weighted by molar-refractivity contribution is -0.157. The van der Waals surface area contributed by atoms with Crippen LogP contribution in [0.3, 0.4) is 0 Å². The number of hydrogen-bond acceptors (Lipinski definition) is 15. The first-order chi connectivity index (χ1) is 36.9. The molecule has 2 saturated heterocycles. The van der Waals surface area contributed by atoms with E-state index in [0.717, 1.165) is 161 Å². The van der Waals surface area contributed by atoms with Gasteiger partial charge in [0.15, 0.2) is 0 Å². The third kappa shape index (κ3) is 34.7. The Bertz CT molecular complexity index is 1510. The number of carbonyl (C=O) groups excluding carboxylic acids is 7. The second-order valence-corrected chi connectivity index (χ2v) is 21.8. The highest BCUT2D eigenvalue weighted by atomic mass is 16.6. The lowest BCUT2D eigenvalue weighted by Crippen LogP contribution is -2.42. The average Bonchev–Trinajstić information content (AvgIpc) is 3.69. The minimum Gasteiger partial charge on any atom is -0.465 e. The molecule has 0 aromatic heterocycles. The van der Waals surface area contributed by atoms with Crippen molar-refractivity contribution in [1.29, 1.82) is 0 Å². The largest absolute Gasteiger partial charge is 0.465 e. The molecule has 0 spiro atoms. The van der Waals surface area contributed by atoms with E-state index in [0.29, 0.717) is 25.7 Å². The molecular weight excluding hydrogens is 973 g/mol. The van der Waals surface area contributed by atoms with Crippen LogP contribution in [0.5, 0.6) is 0 Å². The first-order valence-corrected chi connectivity index (χ1v) is 30.5. The van der Waals surface area contributed by atoms with Gasteiger partial charge in [-0.15, -0.1) is 0 Å². The Kier molecular flexibility index (Phi) is 40.3. The smallest absolute Gasteiger partial charge is 0.410 e. The van der Waals surface area contributed by atoms with Gasteiger partial charge in [0.2, 0.25) is 0 Å². The van der Waals surface area contributed by atoms with Gasteiger partial charge in [-0.3, -0.25) is 33.7 Å². The minimum absolute atomic E-state index is 0.00974. The average molecular weight is 1080 g/mol. The summed E-state index contributed by atoms with van der Waals surface area (Å²) >= 11 is 0. The molecule has 16 heteroatoms.